The molecule has 0 spiro atoms. The van der Waals surface area contributed by atoms with E-state index in [2.05, 4.69) is 30.9 Å². The van der Waals surface area contributed by atoms with E-state index in [0.29, 0.717) is 37.8 Å². The molecule has 0 aromatic heterocycles. The van der Waals surface area contributed by atoms with Gasteiger partial charge in [0.05, 0.1) is 26.7 Å². The molecule has 4 atom stereocenters. The third-order valence-electron chi connectivity index (χ3n) is 8.00. The van der Waals surface area contributed by atoms with E-state index >= 15 is 0 Å². The van der Waals surface area contributed by atoms with Crippen LogP contribution in [0.1, 0.15) is 56.7 Å². The molecular formula is C27H40N2O6. The number of aliphatic carboxylic acids is 1. The average Bonchev–Trinajstić information content (AvgIpc) is 2.85. The number of carbonyl (C=O) groups is 2. The molecule has 0 radical (unpaired) electrons. The number of methoxy groups -OCH3 is 2. The van der Waals surface area contributed by atoms with Crippen LogP contribution >= 0.6 is 0 Å². The normalized spacial score (nSPS) is 26.6. The van der Waals surface area contributed by atoms with Gasteiger partial charge in [0.1, 0.15) is 0 Å². The Morgan fingerprint density at radius 1 is 1.09 bits per heavy atom. The molecule has 2 fully saturated rings. The van der Waals surface area contributed by atoms with E-state index in [4.69, 9.17) is 14.2 Å². The number of carboxylic acids is 1. The molecule has 0 unspecified atom stereocenters. The standard InChI is InChI=1S/C27H40N2O6/c1-17(2)10-20-15-28-9-7-18-12-24(33-3)25(34-4)13-22(18)23(28)11-21(20)16-35-27(32)29-8-5-6-19(14-29)26(30)31/h12-13,17,19-21,23H,5-11,14-16H2,1-4H3,(H,30,31)/t19-,20-,21+,23-/m1/s1. The Hall–Kier alpha value is -2.48. The van der Waals surface area contributed by atoms with Crippen molar-refractivity contribution in [2.45, 2.75) is 52.0 Å². The number of amides is 1. The third kappa shape index (κ3) is 5.68. The van der Waals surface area contributed by atoms with Gasteiger partial charge in [-0.05, 0) is 73.1 Å². The molecule has 0 aliphatic carbocycles. The molecule has 0 bridgehead atoms. The Morgan fingerprint density at radius 2 is 1.83 bits per heavy atom. The van der Waals surface area contributed by atoms with Crippen molar-refractivity contribution in [3.8, 4) is 11.5 Å². The highest BCUT2D eigenvalue weighted by atomic mass is 16.6. The van der Waals surface area contributed by atoms with E-state index in [9.17, 15) is 14.7 Å². The summed E-state index contributed by atoms with van der Waals surface area (Å²) in [5, 5.41) is 9.35. The minimum Gasteiger partial charge on any atom is -0.493 e. The van der Waals surface area contributed by atoms with Crippen LogP contribution in [0, 0.1) is 23.7 Å². The van der Waals surface area contributed by atoms with Crippen molar-refractivity contribution in [3.05, 3.63) is 23.3 Å². The lowest BCUT2D eigenvalue weighted by Crippen LogP contribution is -2.48. The second-order valence-corrected chi connectivity index (χ2v) is 10.8. The number of carbonyl (C=O) groups excluding carboxylic acids is 1. The predicted octanol–water partition coefficient (Wildman–Crippen LogP) is 4.22. The average molecular weight is 489 g/mol. The highest BCUT2D eigenvalue weighted by molar-refractivity contribution is 5.73. The highest BCUT2D eigenvalue weighted by Gasteiger charge is 2.40. The van der Waals surface area contributed by atoms with E-state index < -0.39 is 11.9 Å². The third-order valence-corrected chi connectivity index (χ3v) is 8.00. The summed E-state index contributed by atoms with van der Waals surface area (Å²) in [5.74, 6) is 1.44. The van der Waals surface area contributed by atoms with E-state index in [-0.39, 0.29) is 24.6 Å². The maximum atomic E-state index is 12.8. The first-order valence-corrected chi connectivity index (χ1v) is 12.9. The highest BCUT2D eigenvalue weighted by Crippen LogP contribution is 2.45. The smallest absolute Gasteiger partial charge is 0.409 e. The van der Waals surface area contributed by atoms with Crippen LogP contribution in [0.5, 0.6) is 11.5 Å². The topological polar surface area (TPSA) is 88.5 Å². The first kappa shape index (κ1) is 25.6. The van der Waals surface area contributed by atoms with Gasteiger partial charge in [0, 0.05) is 32.2 Å². The molecular weight excluding hydrogens is 448 g/mol. The van der Waals surface area contributed by atoms with Gasteiger partial charge >= 0.3 is 12.1 Å². The Bertz CT molecular complexity index is 919. The number of benzene rings is 1. The number of hydrogen-bond acceptors (Lipinski definition) is 6. The first-order valence-electron chi connectivity index (χ1n) is 12.9. The van der Waals surface area contributed by atoms with Gasteiger partial charge in [-0.25, -0.2) is 4.79 Å². The number of likely N-dealkylation sites (tertiary alicyclic amines) is 1. The Kier molecular flexibility index (Phi) is 8.09. The van der Waals surface area contributed by atoms with Crippen molar-refractivity contribution < 1.29 is 28.9 Å². The van der Waals surface area contributed by atoms with Crippen LogP contribution in [0.2, 0.25) is 0 Å². The van der Waals surface area contributed by atoms with Crippen LogP contribution in [0.4, 0.5) is 4.79 Å². The van der Waals surface area contributed by atoms with Gasteiger partial charge in [0.25, 0.3) is 0 Å². The molecule has 35 heavy (non-hydrogen) atoms. The molecule has 0 saturated carbocycles. The van der Waals surface area contributed by atoms with Crippen LogP contribution in [0.15, 0.2) is 12.1 Å². The fraction of sp³-hybridized carbons (Fsp3) is 0.704. The van der Waals surface area contributed by atoms with E-state index in [0.717, 1.165) is 43.9 Å². The molecule has 2 saturated heterocycles. The van der Waals surface area contributed by atoms with Crippen molar-refractivity contribution in [3.63, 3.8) is 0 Å². The van der Waals surface area contributed by atoms with E-state index in [1.807, 2.05) is 0 Å². The molecule has 8 heteroatoms. The minimum absolute atomic E-state index is 0.236. The molecule has 1 amide bonds. The molecule has 1 aromatic rings. The maximum absolute atomic E-state index is 12.8. The summed E-state index contributed by atoms with van der Waals surface area (Å²) >= 11 is 0. The fourth-order valence-electron chi connectivity index (χ4n) is 6.19. The number of fused-ring (bicyclic) bond motifs is 3. The SMILES string of the molecule is COc1cc2c(cc1OC)[C@H]1C[C@@H](COC(=O)N3CCC[C@@H](C(=O)O)C3)[C@H](CC(C)C)CN1CC2. The second kappa shape index (κ2) is 11.1. The summed E-state index contributed by atoms with van der Waals surface area (Å²) in [4.78, 5) is 28.4. The van der Waals surface area contributed by atoms with Gasteiger partial charge in [-0.2, -0.15) is 0 Å². The molecule has 8 nitrogen and oxygen atoms in total. The summed E-state index contributed by atoms with van der Waals surface area (Å²) in [7, 11) is 3.34. The zero-order valence-electron chi connectivity index (χ0n) is 21.5. The van der Waals surface area contributed by atoms with Crippen LogP contribution in [-0.4, -0.2) is 74.0 Å². The van der Waals surface area contributed by atoms with Crippen LogP contribution in [0.25, 0.3) is 0 Å². The molecule has 3 aliphatic heterocycles. The largest absolute Gasteiger partial charge is 0.493 e. The number of nitrogens with zero attached hydrogens (tertiary/aromatic N) is 2. The first-order chi connectivity index (χ1) is 16.8. The van der Waals surface area contributed by atoms with E-state index in [1.54, 1.807) is 19.1 Å². The maximum Gasteiger partial charge on any atom is 0.409 e. The zero-order chi connectivity index (χ0) is 25.1. The lowest BCUT2D eigenvalue weighted by Gasteiger charge is -2.47. The number of piperidine rings is 2. The monoisotopic (exact) mass is 488 g/mol. The van der Waals surface area contributed by atoms with Gasteiger partial charge < -0.3 is 24.2 Å². The molecule has 4 rings (SSSR count). The lowest BCUT2D eigenvalue weighted by atomic mass is 9.74. The Balaban J connectivity index is 1.49. The summed E-state index contributed by atoms with van der Waals surface area (Å²) in [6.45, 7) is 7.67. The van der Waals surface area contributed by atoms with Crippen molar-refractivity contribution in [1.82, 2.24) is 9.80 Å². The number of rotatable bonds is 7. The van der Waals surface area contributed by atoms with Crippen molar-refractivity contribution in [1.29, 1.82) is 0 Å². The number of carboxylic acid groups (broad SMARTS) is 1. The van der Waals surface area contributed by atoms with Gasteiger partial charge in [-0.1, -0.05) is 13.8 Å². The van der Waals surface area contributed by atoms with Crippen molar-refractivity contribution >= 4 is 12.1 Å². The minimum atomic E-state index is -0.838. The van der Waals surface area contributed by atoms with Crippen LogP contribution in [0.3, 0.4) is 0 Å². The molecule has 3 heterocycles. The quantitative estimate of drug-likeness (QED) is 0.615. The molecule has 194 valence electrons. The number of ether oxygens (including phenoxy) is 3. The zero-order valence-corrected chi connectivity index (χ0v) is 21.5. The lowest BCUT2D eigenvalue weighted by molar-refractivity contribution is -0.143. The van der Waals surface area contributed by atoms with Crippen LogP contribution in [-0.2, 0) is 16.0 Å². The Morgan fingerprint density at radius 3 is 2.51 bits per heavy atom. The molecule has 1 aromatic carbocycles. The number of hydrogen-bond donors (Lipinski definition) is 1. The summed E-state index contributed by atoms with van der Waals surface area (Å²) in [6, 6.07) is 4.49. The Labute approximate surface area is 208 Å². The summed E-state index contributed by atoms with van der Waals surface area (Å²) < 4.78 is 17.0. The van der Waals surface area contributed by atoms with Crippen molar-refractivity contribution in [2.75, 3.05) is 47.0 Å². The molecule has 1 N–H and O–H groups in total. The molecule has 3 aliphatic rings. The van der Waals surface area contributed by atoms with E-state index in [1.165, 1.54) is 11.1 Å². The summed E-state index contributed by atoms with van der Waals surface area (Å²) in [5.41, 5.74) is 2.59. The van der Waals surface area contributed by atoms with Crippen LogP contribution < -0.4 is 9.47 Å². The van der Waals surface area contributed by atoms with Gasteiger partial charge in [0.15, 0.2) is 11.5 Å². The van der Waals surface area contributed by atoms with Gasteiger partial charge in [0.2, 0.25) is 0 Å². The van der Waals surface area contributed by atoms with Gasteiger partial charge in [-0.15, -0.1) is 0 Å². The predicted molar refractivity (Wildman–Crippen MR) is 132 cm³/mol. The van der Waals surface area contributed by atoms with Crippen molar-refractivity contribution in [2.24, 2.45) is 23.7 Å². The van der Waals surface area contributed by atoms with Gasteiger partial charge in [-0.3, -0.25) is 9.69 Å². The fourth-order valence-corrected chi connectivity index (χ4v) is 6.19. The summed E-state index contributed by atoms with van der Waals surface area (Å²) in [6.07, 6.45) is 3.94. The second-order valence-electron chi connectivity index (χ2n) is 10.8.